The first-order chi connectivity index (χ1) is 13.3. The topological polar surface area (TPSA) is 59.0 Å². The number of anilines is 2. The molecule has 0 saturated heterocycles. The third-order valence-corrected chi connectivity index (χ3v) is 4.85. The molecular weight excluding hydrogens is 392 g/mol. The van der Waals surface area contributed by atoms with Gasteiger partial charge in [0.05, 0.1) is 23.6 Å². The molecule has 1 heterocycles. The van der Waals surface area contributed by atoms with Crippen molar-refractivity contribution in [3.63, 3.8) is 0 Å². The van der Waals surface area contributed by atoms with Gasteiger partial charge in [0.15, 0.2) is 10.9 Å². The first kappa shape index (κ1) is 20.0. The van der Waals surface area contributed by atoms with E-state index >= 15 is 0 Å². The van der Waals surface area contributed by atoms with E-state index in [0.29, 0.717) is 22.2 Å². The zero-order valence-electron chi connectivity index (χ0n) is 15.9. The van der Waals surface area contributed by atoms with Crippen LogP contribution in [0.5, 0.6) is 0 Å². The first-order valence-corrected chi connectivity index (χ1v) is 9.59. The van der Waals surface area contributed by atoms with Crippen molar-refractivity contribution in [2.24, 2.45) is 0 Å². The molecule has 3 rings (SSSR count). The Bertz CT molecular complexity index is 1030. The fourth-order valence-electron chi connectivity index (χ4n) is 2.89. The van der Waals surface area contributed by atoms with Crippen LogP contribution in [0.1, 0.15) is 34.2 Å². The largest absolute Gasteiger partial charge is 0.332 e. The Balaban J connectivity index is 1.72. The number of ketones is 1. The van der Waals surface area contributed by atoms with E-state index in [9.17, 15) is 4.79 Å². The van der Waals surface area contributed by atoms with Crippen LogP contribution in [0.3, 0.4) is 0 Å². The first-order valence-electron chi connectivity index (χ1n) is 8.81. The predicted octanol–water partition coefficient (Wildman–Crippen LogP) is 5.21. The van der Waals surface area contributed by atoms with E-state index in [-0.39, 0.29) is 5.78 Å². The highest BCUT2D eigenvalue weighted by Gasteiger charge is 2.13. The number of carbonyl (C=O) groups excluding carboxylic acids is 1. The van der Waals surface area contributed by atoms with E-state index < -0.39 is 0 Å². The van der Waals surface area contributed by atoms with Crippen LogP contribution in [0.2, 0.25) is 5.02 Å². The number of nitrogens with zero attached hydrogens (tertiary/aromatic N) is 2. The number of thiocarbonyl (C=S) groups is 1. The molecular formula is C21H21ClN4OS. The second-order valence-electron chi connectivity index (χ2n) is 6.55. The van der Waals surface area contributed by atoms with Gasteiger partial charge in [0, 0.05) is 16.3 Å². The van der Waals surface area contributed by atoms with Gasteiger partial charge in [-0.05, 0) is 62.8 Å². The molecule has 0 fully saturated rings. The molecule has 1 aromatic heterocycles. The minimum Gasteiger partial charge on any atom is -0.332 e. The molecule has 144 valence electrons. The van der Waals surface area contributed by atoms with Crippen molar-refractivity contribution in [2.45, 2.75) is 27.3 Å². The number of Topliss-reactive ketones (excluding diaryl/α,β-unsaturated/α-hetero) is 1. The van der Waals surface area contributed by atoms with Gasteiger partial charge in [-0.3, -0.25) is 9.48 Å². The Morgan fingerprint density at radius 1 is 1.14 bits per heavy atom. The highest BCUT2D eigenvalue weighted by atomic mass is 35.5. The van der Waals surface area contributed by atoms with Crippen molar-refractivity contribution >= 4 is 46.1 Å². The van der Waals surface area contributed by atoms with Crippen molar-refractivity contribution in [1.82, 2.24) is 9.78 Å². The monoisotopic (exact) mass is 412 g/mol. The molecule has 0 spiro atoms. The SMILES string of the molecule is CC(=O)c1cccc(NC(=S)Nc2c(C)nn(Cc3ccc(Cl)cc3)c2C)c1. The number of hydrogen-bond donors (Lipinski definition) is 2. The third kappa shape index (κ3) is 4.77. The van der Waals surface area contributed by atoms with Gasteiger partial charge in [-0.1, -0.05) is 35.9 Å². The summed E-state index contributed by atoms with van der Waals surface area (Å²) < 4.78 is 1.93. The van der Waals surface area contributed by atoms with Crippen molar-refractivity contribution in [2.75, 3.05) is 10.6 Å². The summed E-state index contributed by atoms with van der Waals surface area (Å²) in [5.41, 5.74) is 5.21. The van der Waals surface area contributed by atoms with Crippen LogP contribution in [0.4, 0.5) is 11.4 Å². The highest BCUT2D eigenvalue weighted by Crippen LogP contribution is 2.21. The molecule has 0 amide bonds. The summed E-state index contributed by atoms with van der Waals surface area (Å²) in [6, 6.07) is 15.0. The summed E-state index contributed by atoms with van der Waals surface area (Å²) in [5, 5.41) is 12.1. The molecule has 0 atom stereocenters. The Morgan fingerprint density at radius 3 is 2.54 bits per heavy atom. The van der Waals surface area contributed by atoms with Crippen LogP contribution in [-0.2, 0) is 6.54 Å². The van der Waals surface area contributed by atoms with E-state index in [1.165, 1.54) is 6.92 Å². The molecule has 0 aliphatic heterocycles. The smallest absolute Gasteiger partial charge is 0.175 e. The van der Waals surface area contributed by atoms with Gasteiger partial charge in [-0.15, -0.1) is 0 Å². The standard InChI is InChI=1S/C21H21ClN4OS/c1-13-20(14(2)26(25-13)12-16-7-9-18(22)10-8-16)24-21(28)23-19-6-4-5-17(11-19)15(3)27/h4-11H,12H2,1-3H3,(H2,23,24,28). The lowest BCUT2D eigenvalue weighted by Crippen LogP contribution is -2.20. The summed E-state index contributed by atoms with van der Waals surface area (Å²) in [4.78, 5) is 11.5. The molecule has 0 aliphatic carbocycles. The van der Waals surface area contributed by atoms with Crippen molar-refractivity contribution < 1.29 is 4.79 Å². The maximum Gasteiger partial charge on any atom is 0.175 e. The van der Waals surface area contributed by atoms with Gasteiger partial charge in [0.2, 0.25) is 0 Å². The van der Waals surface area contributed by atoms with Crippen LogP contribution < -0.4 is 10.6 Å². The molecule has 5 nitrogen and oxygen atoms in total. The van der Waals surface area contributed by atoms with Crippen LogP contribution >= 0.6 is 23.8 Å². The van der Waals surface area contributed by atoms with Gasteiger partial charge in [0.1, 0.15) is 0 Å². The minimum absolute atomic E-state index is 0.0118. The number of aromatic nitrogens is 2. The fourth-order valence-corrected chi connectivity index (χ4v) is 3.23. The summed E-state index contributed by atoms with van der Waals surface area (Å²) in [6.07, 6.45) is 0. The van der Waals surface area contributed by atoms with E-state index in [4.69, 9.17) is 23.8 Å². The molecule has 3 aromatic rings. The Labute approximate surface area is 174 Å². The number of rotatable bonds is 5. The summed E-state index contributed by atoms with van der Waals surface area (Å²) in [5.74, 6) is 0.0118. The van der Waals surface area contributed by atoms with Crippen LogP contribution in [0.15, 0.2) is 48.5 Å². The maximum atomic E-state index is 11.5. The second-order valence-corrected chi connectivity index (χ2v) is 7.39. The second kappa shape index (κ2) is 8.54. The number of hydrogen-bond acceptors (Lipinski definition) is 3. The minimum atomic E-state index is 0.0118. The van der Waals surface area contributed by atoms with Crippen LogP contribution in [0, 0.1) is 13.8 Å². The number of carbonyl (C=O) groups is 1. The zero-order chi connectivity index (χ0) is 20.3. The normalized spacial score (nSPS) is 10.6. The molecule has 0 unspecified atom stereocenters. The maximum absolute atomic E-state index is 11.5. The van der Waals surface area contributed by atoms with Crippen LogP contribution in [0.25, 0.3) is 0 Å². The van der Waals surface area contributed by atoms with Crippen molar-refractivity contribution in [1.29, 1.82) is 0 Å². The average molecular weight is 413 g/mol. The van der Waals surface area contributed by atoms with E-state index in [0.717, 1.165) is 28.3 Å². The predicted molar refractivity (Wildman–Crippen MR) is 119 cm³/mol. The fraction of sp³-hybridized carbons (Fsp3) is 0.190. The summed E-state index contributed by atoms with van der Waals surface area (Å²) >= 11 is 11.4. The highest BCUT2D eigenvalue weighted by molar-refractivity contribution is 7.80. The summed E-state index contributed by atoms with van der Waals surface area (Å²) in [6.45, 7) is 6.12. The molecule has 2 aromatic carbocycles. The number of nitrogens with one attached hydrogen (secondary N) is 2. The lowest BCUT2D eigenvalue weighted by atomic mass is 10.1. The van der Waals surface area contributed by atoms with Gasteiger partial charge in [-0.25, -0.2) is 0 Å². The third-order valence-electron chi connectivity index (χ3n) is 4.39. The van der Waals surface area contributed by atoms with Crippen molar-refractivity contribution in [3.8, 4) is 0 Å². The number of benzene rings is 2. The summed E-state index contributed by atoms with van der Waals surface area (Å²) in [7, 11) is 0. The van der Waals surface area contributed by atoms with E-state index in [1.54, 1.807) is 12.1 Å². The Hall–Kier alpha value is -2.70. The average Bonchev–Trinajstić information content (AvgIpc) is 2.91. The quantitative estimate of drug-likeness (QED) is 0.444. The molecule has 2 N–H and O–H groups in total. The van der Waals surface area contributed by atoms with E-state index in [2.05, 4.69) is 15.7 Å². The van der Waals surface area contributed by atoms with Gasteiger partial charge >= 0.3 is 0 Å². The van der Waals surface area contributed by atoms with Gasteiger partial charge in [-0.2, -0.15) is 5.10 Å². The van der Waals surface area contributed by atoms with Crippen LogP contribution in [-0.4, -0.2) is 20.7 Å². The molecule has 28 heavy (non-hydrogen) atoms. The molecule has 0 bridgehead atoms. The Morgan fingerprint density at radius 2 is 1.86 bits per heavy atom. The molecule has 0 radical (unpaired) electrons. The number of aryl methyl sites for hydroxylation is 1. The lowest BCUT2D eigenvalue weighted by molar-refractivity contribution is 0.101. The molecule has 7 heteroatoms. The lowest BCUT2D eigenvalue weighted by Gasteiger charge is -2.12. The zero-order valence-corrected chi connectivity index (χ0v) is 17.5. The van der Waals surface area contributed by atoms with E-state index in [1.807, 2.05) is 54.9 Å². The molecule has 0 aliphatic rings. The van der Waals surface area contributed by atoms with Gasteiger partial charge < -0.3 is 10.6 Å². The molecule has 0 saturated carbocycles. The Kier molecular flexibility index (Phi) is 6.11. The van der Waals surface area contributed by atoms with Gasteiger partial charge in [0.25, 0.3) is 0 Å². The number of halogens is 1. The van der Waals surface area contributed by atoms with Crippen molar-refractivity contribution in [3.05, 3.63) is 76.1 Å².